The summed E-state index contributed by atoms with van der Waals surface area (Å²) in [6, 6.07) is 9.77. The fraction of sp³-hybridized carbons (Fsp3) is 0.429. The molecule has 0 aliphatic heterocycles. The molecule has 0 saturated heterocycles. The van der Waals surface area contributed by atoms with Crippen molar-refractivity contribution in [2.75, 3.05) is 7.11 Å². The van der Waals surface area contributed by atoms with E-state index in [-0.39, 0.29) is 0 Å². The van der Waals surface area contributed by atoms with Gasteiger partial charge in [0.2, 0.25) is 0 Å². The van der Waals surface area contributed by atoms with Gasteiger partial charge in [0.25, 0.3) is 0 Å². The number of benzene rings is 1. The maximum absolute atomic E-state index is 10.8. The van der Waals surface area contributed by atoms with Crippen molar-refractivity contribution in [3.05, 3.63) is 47.2 Å². The summed E-state index contributed by atoms with van der Waals surface area (Å²) in [5.74, 6) is 0.727. The number of aliphatic hydroxyl groups is 1. The third kappa shape index (κ3) is 1.74. The third-order valence-electron chi connectivity index (χ3n) is 3.31. The van der Waals surface area contributed by atoms with Gasteiger partial charge in [-0.3, -0.25) is 0 Å². The van der Waals surface area contributed by atoms with Crippen LogP contribution in [0.2, 0.25) is 0 Å². The first-order chi connectivity index (χ1) is 7.68. The number of ether oxygens (including phenoxy) is 1. The SMILES string of the molecule is COC1=C(C)CCCC1(O)c1ccccc1. The van der Waals surface area contributed by atoms with Crippen molar-refractivity contribution in [3.8, 4) is 0 Å². The monoisotopic (exact) mass is 218 g/mol. The van der Waals surface area contributed by atoms with Crippen LogP contribution in [0.1, 0.15) is 31.7 Å². The van der Waals surface area contributed by atoms with Gasteiger partial charge in [0.1, 0.15) is 11.4 Å². The lowest BCUT2D eigenvalue weighted by Crippen LogP contribution is -2.32. The molecule has 0 saturated carbocycles. The Kier molecular flexibility index (Phi) is 3.01. The van der Waals surface area contributed by atoms with E-state index >= 15 is 0 Å². The van der Waals surface area contributed by atoms with Gasteiger partial charge in [0, 0.05) is 0 Å². The van der Waals surface area contributed by atoms with Gasteiger partial charge >= 0.3 is 0 Å². The van der Waals surface area contributed by atoms with Gasteiger partial charge in [0.15, 0.2) is 0 Å². The highest BCUT2D eigenvalue weighted by atomic mass is 16.5. The molecule has 1 atom stereocenters. The van der Waals surface area contributed by atoms with Gasteiger partial charge in [-0.1, -0.05) is 30.3 Å². The third-order valence-corrected chi connectivity index (χ3v) is 3.31. The molecule has 86 valence electrons. The fourth-order valence-electron chi connectivity index (χ4n) is 2.52. The van der Waals surface area contributed by atoms with Crippen molar-refractivity contribution in [1.29, 1.82) is 0 Å². The van der Waals surface area contributed by atoms with Crippen molar-refractivity contribution in [2.45, 2.75) is 31.8 Å². The molecular weight excluding hydrogens is 200 g/mol. The Morgan fingerprint density at radius 3 is 2.56 bits per heavy atom. The van der Waals surface area contributed by atoms with Crippen molar-refractivity contribution in [3.63, 3.8) is 0 Å². The van der Waals surface area contributed by atoms with Crippen LogP contribution >= 0.6 is 0 Å². The molecule has 0 bridgehead atoms. The van der Waals surface area contributed by atoms with E-state index in [1.165, 1.54) is 0 Å². The summed E-state index contributed by atoms with van der Waals surface area (Å²) >= 11 is 0. The van der Waals surface area contributed by atoms with Gasteiger partial charge in [-0.15, -0.1) is 0 Å². The lowest BCUT2D eigenvalue weighted by atomic mass is 9.80. The molecule has 16 heavy (non-hydrogen) atoms. The van der Waals surface area contributed by atoms with E-state index in [2.05, 4.69) is 0 Å². The molecule has 0 radical (unpaired) electrons. The van der Waals surface area contributed by atoms with E-state index in [4.69, 9.17) is 4.74 Å². The van der Waals surface area contributed by atoms with Gasteiger partial charge in [0.05, 0.1) is 7.11 Å². The largest absolute Gasteiger partial charge is 0.498 e. The average molecular weight is 218 g/mol. The summed E-state index contributed by atoms with van der Waals surface area (Å²) in [6.45, 7) is 2.03. The summed E-state index contributed by atoms with van der Waals surface area (Å²) in [5, 5.41) is 10.8. The lowest BCUT2D eigenvalue weighted by molar-refractivity contribution is 0.000554. The highest BCUT2D eigenvalue weighted by Gasteiger charge is 2.38. The molecule has 0 aromatic heterocycles. The molecule has 0 heterocycles. The zero-order chi connectivity index (χ0) is 11.6. The van der Waals surface area contributed by atoms with Crippen LogP contribution in [0, 0.1) is 0 Å². The normalized spacial score (nSPS) is 25.7. The zero-order valence-corrected chi connectivity index (χ0v) is 9.86. The standard InChI is InChI=1S/C14H18O2/c1-11-7-6-10-14(15,13(11)16-2)12-8-4-3-5-9-12/h3-5,8-9,15H,6-7,10H2,1-2H3. The van der Waals surface area contributed by atoms with Crippen LogP contribution in [0.5, 0.6) is 0 Å². The summed E-state index contributed by atoms with van der Waals surface area (Å²) in [5.41, 5.74) is 1.14. The molecule has 0 amide bonds. The van der Waals surface area contributed by atoms with E-state index in [1.54, 1.807) is 7.11 Å². The minimum atomic E-state index is -0.932. The predicted molar refractivity (Wildman–Crippen MR) is 63.9 cm³/mol. The molecule has 1 aliphatic rings. The van der Waals surface area contributed by atoms with Crippen LogP contribution in [0.3, 0.4) is 0 Å². The summed E-state index contributed by atoms with van der Waals surface area (Å²) in [7, 11) is 1.64. The number of rotatable bonds is 2. The van der Waals surface area contributed by atoms with Gasteiger partial charge in [-0.25, -0.2) is 0 Å². The molecular formula is C14H18O2. The molecule has 0 spiro atoms. The fourth-order valence-corrected chi connectivity index (χ4v) is 2.52. The van der Waals surface area contributed by atoms with Crippen molar-refractivity contribution < 1.29 is 9.84 Å². The van der Waals surface area contributed by atoms with Crippen LogP contribution in [-0.2, 0) is 10.3 Å². The molecule has 2 heteroatoms. The molecule has 0 fully saturated rings. The van der Waals surface area contributed by atoms with Crippen molar-refractivity contribution >= 4 is 0 Å². The number of allylic oxidation sites excluding steroid dienone is 1. The molecule has 1 N–H and O–H groups in total. The summed E-state index contributed by atoms with van der Waals surface area (Å²) < 4.78 is 5.40. The summed E-state index contributed by atoms with van der Waals surface area (Å²) in [4.78, 5) is 0. The molecule has 1 unspecified atom stereocenters. The Labute approximate surface area is 96.6 Å². The maximum atomic E-state index is 10.8. The van der Waals surface area contributed by atoms with Crippen LogP contribution in [0.4, 0.5) is 0 Å². The van der Waals surface area contributed by atoms with E-state index in [1.807, 2.05) is 37.3 Å². The topological polar surface area (TPSA) is 29.5 Å². The Bertz CT molecular complexity index is 394. The van der Waals surface area contributed by atoms with Crippen molar-refractivity contribution in [1.82, 2.24) is 0 Å². The Morgan fingerprint density at radius 1 is 1.25 bits per heavy atom. The van der Waals surface area contributed by atoms with Crippen LogP contribution in [0.25, 0.3) is 0 Å². The van der Waals surface area contributed by atoms with Crippen LogP contribution in [0.15, 0.2) is 41.7 Å². The molecule has 2 nitrogen and oxygen atoms in total. The van der Waals surface area contributed by atoms with Gasteiger partial charge in [-0.2, -0.15) is 0 Å². The Morgan fingerprint density at radius 2 is 1.94 bits per heavy atom. The van der Waals surface area contributed by atoms with E-state index in [9.17, 15) is 5.11 Å². The average Bonchev–Trinajstić information content (AvgIpc) is 2.30. The predicted octanol–water partition coefficient (Wildman–Crippen LogP) is 2.98. The molecule has 1 aromatic rings. The lowest BCUT2D eigenvalue weighted by Gasteiger charge is -2.35. The molecule has 2 rings (SSSR count). The van der Waals surface area contributed by atoms with Crippen molar-refractivity contribution in [2.24, 2.45) is 0 Å². The van der Waals surface area contributed by atoms with Gasteiger partial charge in [-0.05, 0) is 37.3 Å². The minimum Gasteiger partial charge on any atom is -0.498 e. The molecule has 1 aromatic carbocycles. The van der Waals surface area contributed by atoms with E-state index in [0.29, 0.717) is 0 Å². The Hall–Kier alpha value is -1.28. The second-order valence-corrected chi connectivity index (χ2v) is 4.39. The first-order valence-electron chi connectivity index (χ1n) is 5.70. The van der Waals surface area contributed by atoms with E-state index < -0.39 is 5.60 Å². The second-order valence-electron chi connectivity index (χ2n) is 4.39. The number of methoxy groups -OCH3 is 1. The molecule has 1 aliphatic carbocycles. The Balaban J connectivity index is 2.48. The number of hydrogen-bond acceptors (Lipinski definition) is 2. The minimum absolute atomic E-state index is 0.727. The smallest absolute Gasteiger partial charge is 0.146 e. The van der Waals surface area contributed by atoms with Crippen LogP contribution in [-0.4, -0.2) is 12.2 Å². The maximum Gasteiger partial charge on any atom is 0.146 e. The first kappa shape index (κ1) is 11.2. The van der Waals surface area contributed by atoms with E-state index in [0.717, 1.165) is 36.2 Å². The first-order valence-corrected chi connectivity index (χ1v) is 5.70. The highest BCUT2D eigenvalue weighted by Crippen LogP contribution is 2.41. The van der Waals surface area contributed by atoms with Crippen LogP contribution < -0.4 is 0 Å². The van der Waals surface area contributed by atoms with Gasteiger partial charge < -0.3 is 9.84 Å². The quantitative estimate of drug-likeness (QED) is 0.827. The number of hydrogen-bond donors (Lipinski definition) is 1. The zero-order valence-electron chi connectivity index (χ0n) is 9.86. The second kappa shape index (κ2) is 4.30. The highest BCUT2D eigenvalue weighted by molar-refractivity contribution is 5.33. The summed E-state index contributed by atoms with van der Waals surface area (Å²) in [6.07, 6.45) is 2.75.